The molecule has 20 heavy (non-hydrogen) atoms. The molecule has 0 saturated carbocycles. The minimum Gasteiger partial charge on any atom is -0.340 e. The maximum absolute atomic E-state index is 12.7. The van der Waals surface area contributed by atoms with Gasteiger partial charge >= 0.3 is 0 Å². The maximum Gasteiger partial charge on any atom is 0.243 e. The molecule has 0 saturated heterocycles. The second-order valence-electron chi connectivity index (χ2n) is 5.22. The first-order valence-corrected chi connectivity index (χ1v) is 7.15. The number of hydrogen-bond donors (Lipinski definition) is 0. The fourth-order valence-corrected chi connectivity index (χ4v) is 2.55. The summed E-state index contributed by atoms with van der Waals surface area (Å²) in [4.78, 5) is 18.4. The van der Waals surface area contributed by atoms with Gasteiger partial charge in [-0.25, -0.2) is 0 Å². The van der Waals surface area contributed by atoms with Crippen LogP contribution in [-0.4, -0.2) is 22.8 Å². The average Bonchev–Trinajstić information content (AvgIpc) is 2.47. The predicted octanol–water partition coefficient (Wildman–Crippen LogP) is 3.15. The number of carbonyl (C=O) groups is 1. The van der Waals surface area contributed by atoms with E-state index in [2.05, 4.69) is 11.1 Å². The molecule has 0 radical (unpaired) electrons. The quantitative estimate of drug-likeness (QED) is 0.766. The minimum absolute atomic E-state index is 0.0763. The SMILES string of the molecule is CCCC(C#N)(CCC)C(=O)N(C)Cc1cccnc1. The second kappa shape index (κ2) is 7.64. The number of nitriles is 1. The van der Waals surface area contributed by atoms with Crippen LogP contribution in [0.5, 0.6) is 0 Å². The Bertz CT molecular complexity index is 458. The maximum atomic E-state index is 12.7. The highest BCUT2D eigenvalue weighted by molar-refractivity contribution is 5.85. The van der Waals surface area contributed by atoms with Crippen molar-refractivity contribution in [3.63, 3.8) is 0 Å². The third kappa shape index (κ3) is 3.80. The van der Waals surface area contributed by atoms with Crippen LogP contribution in [0.4, 0.5) is 0 Å². The molecule has 0 aliphatic rings. The van der Waals surface area contributed by atoms with Crippen molar-refractivity contribution in [1.29, 1.82) is 5.26 Å². The van der Waals surface area contributed by atoms with Gasteiger partial charge in [-0.2, -0.15) is 5.26 Å². The molecule has 0 aliphatic carbocycles. The van der Waals surface area contributed by atoms with Gasteiger partial charge in [-0.3, -0.25) is 9.78 Å². The number of nitrogens with zero attached hydrogens (tertiary/aromatic N) is 3. The van der Waals surface area contributed by atoms with Gasteiger partial charge in [0.25, 0.3) is 0 Å². The number of rotatable bonds is 7. The molecule has 1 aromatic heterocycles. The summed E-state index contributed by atoms with van der Waals surface area (Å²) in [7, 11) is 1.76. The summed E-state index contributed by atoms with van der Waals surface area (Å²) in [6, 6.07) is 6.06. The number of pyridine rings is 1. The standard InChI is InChI=1S/C16H23N3O/c1-4-8-16(13-17,9-5-2)15(20)19(3)12-14-7-6-10-18-11-14/h6-7,10-11H,4-5,8-9,12H2,1-3H3. The molecular formula is C16H23N3O. The monoisotopic (exact) mass is 273 g/mol. The molecule has 0 aromatic carbocycles. The van der Waals surface area contributed by atoms with Crippen molar-refractivity contribution in [1.82, 2.24) is 9.88 Å². The van der Waals surface area contributed by atoms with Crippen LogP contribution in [0.3, 0.4) is 0 Å². The largest absolute Gasteiger partial charge is 0.340 e. The zero-order chi connectivity index (χ0) is 15.0. The molecule has 0 fully saturated rings. The Hall–Kier alpha value is -1.89. The smallest absolute Gasteiger partial charge is 0.243 e. The molecule has 1 aromatic rings. The highest BCUT2D eigenvalue weighted by atomic mass is 16.2. The van der Waals surface area contributed by atoms with Crippen LogP contribution in [0.25, 0.3) is 0 Å². The lowest BCUT2D eigenvalue weighted by atomic mass is 9.79. The molecule has 0 spiro atoms. The van der Waals surface area contributed by atoms with Crippen molar-refractivity contribution in [3.05, 3.63) is 30.1 Å². The Kier molecular flexibility index (Phi) is 6.17. The van der Waals surface area contributed by atoms with Gasteiger partial charge < -0.3 is 4.90 Å². The van der Waals surface area contributed by atoms with Crippen molar-refractivity contribution >= 4 is 5.91 Å². The van der Waals surface area contributed by atoms with Crippen molar-refractivity contribution in [2.45, 2.75) is 46.1 Å². The molecule has 108 valence electrons. The predicted molar refractivity (Wildman–Crippen MR) is 78.6 cm³/mol. The Morgan fingerprint density at radius 2 is 2.05 bits per heavy atom. The summed E-state index contributed by atoms with van der Waals surface area (Å²) < 4.78 is 0. The van der Waals surface area contributed by atoms with Crippen LogP contribution in [0, 0.1) is 16.7 Å². The third-order valence-electron chi connectivity index (χ3n) is 3.47. The molecule has 4 heteroatoms. The van der Waals surface area contributed by atoms with Crippen LogP contribution in [0.2, 0.25) is 0 Å². The Labute approximate surface area is 121 Å². The summed E-state index contributed by atoms with van der Waals surface area (Å²) in [6.45, 7) is 4.51. The molecule has 1 amide bonds. The summed E-state index contributed by atoms with van der Waals surface area (Å²) >= 11 is 0. The van der Waals surface area contributed by atoms with Crippen LogP contribution in [0.1, 0.15) is 45.1 Å². The normalized spacial score (nSPS) is 10.9. The van der Waals surface area contributed by atoms with Crippen LogP contribution >= 0.6 is 0 Å². The van der Waals surface area contributed by atoms with E-state index >= 15 is 0 Å². The lowest BCUT2D eigenvalue weighted by Crippen LogP contribution is -2.41. The topological polar surface area (TPSA) is 57.0 Å². The van der Waals surface area contributed by atoms with E-state index in [9.17, 15) is 10.1 Å². The van der Waals surface area contributed by atoms with E-state index in [1.165, 1.54) is 0 Å². The summed E-state index contributed by atoms with van der Waals surface area (Å²) in [6.07, 6.45) is 6.36. The Balaban J connectivity index is 2.86. The van der Waals surface area contributed by atoms with Gasteiger partial charge in [0.2, 0.25) is 5.91 Å². The van der Waals surface area contributed by atoms with Gasteiger partial charge in [0.05, 0.1) is 6.07 Å². The van der Waals surface area contributed by atoms with E-state index in [-0.39, 0.29) is 5.91 Å². The lowest BCUT2D eigenvalue weighted by Gasteiger charge is -2.30. The second-order valence-corrected chi connectivity index (χ2v) is 5.22. The van der Waals surface area contributed by atoms with Crippen molar-refractivity contribution in [2.24, 2.45) is 5.41 Å². The third-order valence-corrected chi connectivity index (χ3v) is 3.47. The van der Waals surface area contributed by atoms with Crippen molar-refractivity contribution < 1.29 is 4.79 Å². The number of amides is 1. The van der Waals surface area contributed by atoms with Crippen molar-refractivity contribution in [2.75, 3.05) is 7.05 Å². The first-order valence-electron chi connectivity index (χ1n) is 7.15. The molecule has 0 N–H and O–H groups in total. The van der Waals surface area contributed by atoms with E-state index in [0.29, 0.717) is 19.4 Å². The fraction of sp³-hybridized carbons (Fsp3) is 0.562. The fourth-order valence-electron chi connectivity index (χ4n) is 2.55. The van der Waals surface area contributed by atoms with E-state index in [4.69, 9.17) is 0 Å². The zero-order valence-corrected chi connectivity index (χ0v) is 12.6. The van der Waals surface area contributed by atoms with E-state index in [1.54, 1.807) is 24.3 Å². The van der Waals surface area contributed by atoms with Gasteiger partial charge in [-0.05, 0) is 24.5 Å². The van der Waals surface area contributed by atoms with E-state index in [1.807, 2.05) is 26.0 Å². The molecule has 0 unspecified atom stereocenters. The summed E-state index contributed by atoms with van der Waals surface area (Å²) in [5.41, 5.74) is 0.101. The zero-order valence-electron chi connectivity index (χ0n) is 12.6. The van der Waals surface area contributed by atoms with Gasteiger partial charge in [0.1, 0.15) is 5.41 Å². The first-order chi connectivity index (χ1) is 9.59. The molecule has 0 atom stereocenters. The van der Waals surface area contributed by atoms with Gasteiger partial charge in [-0.15, -0.1) is 0 Å². The Morgan fingerprint density at radius 3 is 2.50 bits per heavy atom. The van der Waals surface area contributed by atoms with Gasteiger partial charge in [0.15, 0.2) is 0 Å². The minimum atomic E-state index is -0.875. The van der Waals surface area contributed by atoms with Crippen LogP contribution in [-0.2, 0) is 11.3 Å². The summed E-state index contributed by atoms with van der Waals surface area (Å²) in [5, 5.41) is 9.51. The van der Waals surface area contributed by atoms with Crippen LogP contribution < -0.4 is 0 Å². The molecule has 1 rings (SSSR count). The highest BCUT2D eigenvalue weighted by Crippen LogP contribution is 2.31. The first kappa shape index (κ1) is 16.2. The highest BCUT2D eigenvalue weighted by Gasteiger charge is 2.38. The molecule has 0 aliphatic heterocycles. The number of aromatic nitrogens is 1. The number of carbonyl (C=O) groups excluding carboxylic acids is 1. The summed E-state index contributed by atoms with van der Waals surface area (Å²) in [5.74, 6) is -0.0763. The van der Waals surface area contributed by atoms with Crippen LogP contribution in [0.15, 0.2) is 24.5 Å². The van der Waals surface area contributed by atoms with Gasteiger partial charge in [0, 0.05) is 26.0 Å². The average molecular weight is 273 g/mol. The van der Waals surface area contributed by atoms with Gasteiger partial charge in [-0.1, -0.05) is 32.8 Å². The van der Waals surface area contributed by atoms with Crippen molar-refractivity contribution in [3.8, 4) is 6.07 Å². The molecule has 0 bridgehead atoms. The van der Waals surface area contributed by atoms with E-state index in [0.717, 1.165) is 18.4 Å². The number of hydrogen-bond acceptors (Lipinski definition) is 3. The Morgan fingerprint density at radius 1 is 1.40 bits per heavy atom. The lowest BCUT2D eigenvalue weighted by molar-refractivity contribution is -0.139. The van der Waals surface area contributed by atoms with E-state index < -0.39 is 5.41 Å². The molecule has 4 nitrogen and oxygen atoms in total. The molecular weight excluding hydrogens is 250 g/mol. The molecule has 1 heterocycles.